The van der Waals surface area contributed by atoms with E-state index in [0.717, 1.165) is 24.6 Å². The zero-order chi connectivity index (χ0) is 17.4. The number of hydrogen-bond donors (Lipinski definition) is 1. The molecule has 1 saturated heterocycles. The van der Waals surface area contributed by atoms with E-state index in [2.05, 4.69) is 9.97 Å². The van der Waals surface area contributed by atoms with Gasteiger partial charge >= 0.3 is 0 Å². The van der Waals surface area contributed by atoms with Gasteiger partial charge in [-0.15, -0.1) is 0 Å². The molecule has 1 amide bonds. The number of carbonyl (C=O) groups excluding carboxylic acids is 1. The van der Waals surface area contributed by atoms with Crippen LogP contribution in [-0.2, 0) is 0 Å². The molecule has 1 aliphatic heterocycles. The van der Waals surface area contributed by atoms with Crippen molar-refractivity contribution in [3.63, 3.8) is 0 Å². The van der Waals surface area contributed by atoms with Gasteiger partial charge in [0.15, 0.2) is 0 Å². The van der Waals surface area contributed by atoms with Crippen molar-refractivity contribution in [3.05, 3.63) is 76.1 Å². The van der Waals surface area contributed by atoms with Gasteiger partial charge in [-0.05, 0) is 43.2 Å². The minimum Gasteiger partial charge on any atom is -0.360 e. The summed E-state index contributed by atoms with van der Waals surface area (Å²) >= 11 is 0. The van der Waals surface area contributed by atoms with Gasteiger partial charge in [0.1, 0.15) is 11.4 Å². The summed E-state index contributed by atoms with van der Waals surface area (Å²) in [4.78, 5) is 34.6. The number of aromatic nitrogens is 2. The predicted molar refractivity (Wildman–Crippen MR) is 91.8 cm³/mol. The van der Waals surface area contributed by atoms with Crippen molar-refractivity contribution in [1.29, 1.82) is 0 Å². The Kier molecular flexibility index (Phi) is 3.80. The third kappa shape index (κ3) is 2.69. The highest BCUT2D eigenvalue weighted by Crippen LogP contribution is 2.31. The van der Waals surface area contributed by atoms with Crippen LogP contribution >= 0.6 is 0 Å². The lowest BCUT2D eigenvalue weighted by Crippen LogP contribution is -2.34. The monoisotopic (exact) mass is 337 g/mol. The average molecular weight is 337 g/mol. The Morgan fingerprint density at radius 2 is 2.16 bits per heavy atom. The summed E-state index contributed by atoms with van der Waals surface area (Å²) in [6.07, 6.45) is 4.77. The van der Waals surface area contributed by atoms with E-state index < -0.39 is 11.2 Å². The first-order valence-corrected chi connectivity index (χ1v) is 8.18. The molecule has 3 aromatic rings. The van der Waals surface area contributed by atoms with Gasteiger partial charge in [-0.25, -0.2) is 4.39 Å². The number of H-pyrrole nitrogens is 1. The maximum absolute atomic E-state index is 13.5. The molecule has 0 saturated carbocycles. The van der Waals surface area contributed by atoms with Gasteiger partial charge in [0.05, 0.1) is 11.7 Å². The van der Waals surface area contributed by atoms with Gasteiger partial charge in [-0.3, -0.25) is 14.6 Å². The fourth-order valence-electron chi connectivity index (χ4n) is 3.39. The van der Waals surface area contributed by atoms with Crippen LogP contribution in [0, 0.1) is 5.82 Å². The molecule has 6 heteroatoms. The molecule has 0 spiro atoms. The molecule has 1 aliphatic rings. The highest BCUT2D eigenvalue weighted by Gasteiger charge is 2.32. The zero-order valence-electron chi connectivity index (χ0n) is 13.4. The van der Waals surface area contributed by atoms with Crippen LogP contribution in [0.3, 0.4) is 0 Å². The molecule has 1 N–H and O–H groups in total. The van der Waals surface area contributed by atoms with E-state index in [1.165, 1.54) is 18.3 Å². The van der Waals surface area contributed by atoms with Crippen LogP contribution < -0.4 is 5.43 Å². The Labute approximate surface area is 143 Å². The van der Waals surface area contributed by atoms with Crippen LogP contribution in [0.15, 0.2) is 53.6 Å². The number of amides is 1. The van der Waals surface area contributed by atoms with Gasteiger partial charge in [-0.1, -0.05) is 6.07 Å². The molecule has 1 aromatic carbocycles. The second kappa shape index (κ2) is 6.12. The third-order valence-corrected chi connectivity index (χ3v) is 4.62. The molecule has 0 radical (unpaired) electrons. The largest absolute Gasteiger partial charge is 0.360 e. The van der Waals surface area contributed by atoms with E-state index in [4.69, 9.17) is 0 Å². The van der Waals surface area contributed by atoms with E-state index in [1.54, 1.807) is 11.1 Å². The number of nitrogens with zero attached hydrogens (tertiary/aromatic N) is 2. The molecule has 126 valence electrons. The number of likely N-dealkylation sites (tertiary alicyclic amines) is 1. The van der Waals surface area contributed by atoms with E-state index in [0.29, 0.717) is 12.1 Å². The Hall–Kier alpha value is -3.02. The molecule has 2 aromatic heterocycles. The van der Waals surface area contributed by atoms with E-state index in [-0.39, 0.29) is 22.9 Å². The number of benzene rings is 1. The van der Waals surface area contributed by atoms with Gasteiger partial charge < -0.3 is 9.88 Å². The second-order valence-corrected chi connectivity index (χ2v) is 6.13. The molecule has 4 rings (SSSR count). The molecule has 3 heterocycles. The van der Waals surface area contributed by atoms with Gasteiger partial charge in [-0.2, -0.15) is 0 Å². The standard InChI is InChI=1S/C19H16FN3O2/c20-12-6-7-15-13(10-12)18(24)14(11-22-15)19(25)23-9-3-5-17(23)16-4-1-2-8-21-16/h1-2,4,6-8,10-11,17H,3,5,9H2,(H,22,24)/t17-/m1/s1. The van der Waals surface area contributed by atoms with E-state index in [9.17, 15) is 14.0 Å². The first-order chi connectivity index (χ1) is 12.1. The number of halogens is 1. The average Bonchev–Trinajstić information content (AvgIpc) is 3.12. The van der Waals surface area contributed by atoms with E-state index in [1.807, 2.05) is 18.2 Å². The minimum absolute atomic E-state index is 0.0286. The van der Waals surface area contributed by atoms with Crippen LogP contribution in [0.5, 0.6) is 0 Å². The summed E-state index contributed by atoms with van der Waals surface area (Å²) in [6, 6.07) is 9.38. The zero-order valence-corrected chi connectivity index (χ0v) is 13.4. The molecule has 0 unspecified atom stereocenters. The summed E-state index contributed by atoms with van der Waals surface area (Å²) < 4.78 is 13.5. The molecular weight excluding hydrogens is 321 g/mol. The highest BCUT2D eigenvalue weighted by atomic mass is 19.1. The summed E-state index contributed by atoms with van der Waals surface area (Å²) in [5, 5.41) is 0.180. The Morgan fingerprint density at radius 1 is 1.28 bits per heavy atom. The third-order valence-electron chi connectivity index (χ3n) is 4.62. The maximum atomic E-state index is 13.5. The minimum atomic E-state index is -0.505. The highest BCUT2D eigenvalue weighted by molar-refractivity contribution is 5.97. The van der Waals surface area contributed by atoms with Gasteiger partial charge in [0.25, 0.3) is 5.91 Å². The lowest BCUT2D eigenvalue weighted by Gasteiger charge is -2.24. The number of pyridine rings is 2. The predicted octanol–water partition coefficient (Wildman–Crippen LogP) is 3.04. The molecule has 1 fully saturated rings. The summed E-state index contributed by atoms with van der Waals surface area (Å²) in [5.74, 6) is -0.851. The summed E-state index contributed by atoms with van der Waals surface area (Å²) in [7, 11) is 0. The van der Waals surface area contributed by atoms with Crippen molar-refractivity contribution in [2.24, 2.45) is 0 Å². The fraction of sp³-hybridized carbons (Fsp3) is 0.211. The van der Waals surface area contributed by atoms with Crippen molar-refractivity contribution >= 4 is 16.8 Å². The Balaban J connectivity index is 1.74. The SMILES string of the molecule is O=C(c1c[nH]c2ccc(F)cc2c1=O)N1CCC[C@@H]1c1ccccn1. The summed E-state index contributed by atoms with van der Waals surface area (Å²) in [6.45, 7) is 0.570. The van der Waals surface area contributed by atoms with Gasteiger partial charge in [0, 0.05) is 29.8 Å². The number of rotatable bonds is 2. The van der Waals surface area contributed by atoms with Crippen LogP contribution in [-0.4, -0.2) is 27.3 Å². The van der Waals surface area contributed by atoms with Crippen LogP contribution in [0.1, 0.15) is 34.9 Å². The maximum Gasteiger partial charge on any atom is 0.259 e. The normalized spacial score (nSPS) is 17.2. The number of fused-ring (bicyclic) bond motifs is 1. The van der Waals surface area contributed by atoms with Crippen molar-refractivity contribution in [2.45, 2.75) is 18.9 Å². The number of aromatic amines is 1. The smallest absolute Gasteiger partial charge is 0.259 e. The summed E-state index contributed by atoms with van der Waals surface area (Å²) in [5.41, 5.74) is 0.896. The fourth-order valence-corrected chi connectivity index (χ4v) is 3.39. The molecule has 25 heavy (non-hydrogen) atoms. The van der Waals surface area contributed by atoms with Crippen LogP contribution in [0.25, 0.3) is 10.9 Å². The van der Waals surface area contributed by atoms with Crippen LogP contribution in [0.2, 0.25) is 0 Å². The van der Waals surface area contributed by atoms with Crippen LogP contribution in [0.4, 0.5) is 4.39 Å². The van der Waals surface area contributed by atoms with Crippen molar-refractivity contribution < 1.29 is 9.18 Å². The molecule has 0 bridgehead atoms. The first-order valence-electron chi connectivity index (χ1n) is 8.18. The van der Waals surface area contributed by atoms with Crippen molar-refractivity contribution in [3.8, 4) is 0 Å². The van der Waals surface area contributed by atoms with Gasteiger partial charge in [0.2, 0.25) is 5.43 Å². The number of hydrogen-bond acceptors (Lipinski definition) is 3. The van der Waals surface area contributed by atoms with Crippen molar-refractivity contribution in [1.82, 2.24) is 14.9 Å². The quantitative estimate of drug-likeness (QED) is 0.782. The number of carbonyl (C=O) groups is 1. The van der Waals surface area contributed by atoms with E-state index >= 15 is 0 Å². The number of nitrogens with one attached hydrogen (secondary N) is 1. The second-order valence-electron chi connectivity index (χ2n) is 6.13. The molecule has 1 atom stereocenters. The Morgan fingerprint density at radius 3 is 2.96 bits per heavy atom. The lowest BCUT2D eigenvalue weighted by molar-refractivity contribution is 0.0731. The van der Waals surface area contributed by atoms with Crippen molar-refractivity contribution in [2.75, 3.05) is 6.54 Å². The molecule has 0 aliphatic carbocycles. The molecular formula is C19H16FN3O2. The topological polar surface area (TPSA) is 66.1 Å². The Bertz CT molecular complexity index is 1000. The lowest BCUT2D eigenvalue weighted by atomic mass is 10.1. The molecule has 5 nitrogen and oxygen atoms in total. The first kappa shape index (κ1) is 15.5.